The number of aromatic nitrogens is 2. The maximum Gasteiger partial charge on any atom is 0.257 e. The van der Waals surface area contributed by atoms with Crippen molar-refractivity contribution in [3.05, 3.63) is 71.9 Å². The Bertz CT molecular complexity index is 1020. The van der Waals surface area contributed by atoms with E-state index in [0.717, 1.165) is 28.9 Å². The zero-order chi connectivity index (χ0) is 20.6. The predicted molar refractivity (Wildman–Crippen MR) is 116 cm³/mol. The fourth-order valence-electron chi connectivity index (χ4n) is 4.00. The molecule has 0 radical (unpaired) electrons. The van der Waals surface area contributed by atoms with Gasteiger partial charge in [0, 0.05) is 30.9 Å². The van der Waals surface area contributed by atoms with Gasteiger partial charge in [-0.15, -0.1) is 0 Å². The smallest absolute Gasteiger partial charge is 0.257 e. The monoisotopic (exact) mass is 388 g/mol. The third-order valence-electron chi connectivity index (χ3n) is 5.96. The largest absolute Gasteiger partial charge is 0.338 e. The van der Waals surface area contributed by atoms with Crippen LogP contribution in [0.25, 0.3) is 16.9 Å². The molecule has 1 aliphatic heterocycles. The lowest BCUT2D eigenvalue weighted by Crippen LogP contribution is -2.54. The van der Waals surface area contributed by atoms with Crippen LogP contribution in [0, 0.1) is 12.3 Å². The first-order valence-electron chi connectivity index (χ1n) is 10.1. The van der Waals surface area contributed by atoms with Crippen LogP contribution in [0.5, 0.6) is 0 Å². The van der Waals surface area contributed by atoms with Crippen LogP contribution < -0.4 is 5.73 Å². The molecule has 150 valence electrons. The van der Waals surface area contributed by atoms with Gasteiger partial charge in [-0.25, -0.2) is 4.68 Å². The number of piperidine rings is 1. The van der Waals surface area contributed by atoms with Crippen LogP contribution in [-0.4, -0.2) is 39.7 Å². The summed E-state index contributed by atoms with van der Waals surface area (Å²) in [6.45, 7) is 7.64. The number of likely N-dealkylation sites (tertiary alicyclic amines) is 1. The van der Waals surface area contributed by atoms with E-state index in [4.69, 9.17) is 10.8 Å². The summed E-state index contributed by atoms with van der Waals surface area (Å²) in [5, 5.41) is 4.82. The number of nitrogens with two attached hydrogens (primary N) is 1. The quantitative estimate of drug-likeness (QED) is 0.736. The zero-order valence-electron chi connectivity index (χ0n) is 17.3. The molecule has 1 atom stereocenters. The van der Waals surface area contributed by atoms with Crippen molar-refractivity contribution in [2.75, 3.05) is 13.1 Å². The van der Waals surface area contributed by atoms with E-state index < -0.39 is 0 Å². The third kappa shape index (κ3) is 3.70. The van der Waals surface area contributed by atoms with Crippen LogP contribution in [0.15, 0.2) is 60.8 Å². The van der Waals surface area contributed by atoms with Gasteiger partial charge < -0.3 is 10.6 Å². The average molecular weight is 389 g/mol. The predicted octanol–water partition coefficient (Wildman–Crippen LogP) is 4.05. The van der Waals surface area contributed by atoms with E-state index in [1.165, 1.54) is 0 Å². The summed E-state index contributed by atoms with van der Waals surface area (Å²) < 4.78 is 1.80. The number of hydrogen-bond donors (Lipinski definition) is 1. The lowest BCUT2D eigenvalue weighted by molar-refractivity contribution is 0.0533. The molecule has 1 fully saturated rings. The number of carbonyl (C=O) groups is 1. The standard InChI is InChI=1S/C24H28N4O/c1-17-9-7-8-12-19(17)22-20(15-28(26-22)18-10-5-4-6-11-18)23(29)27-14-13-21(25)24(2,3)16-27/h4-12,15,21H,13-14,16,25H2,1-3H3. The molecular weight excluding hydrogens is 360 g/mol. The lowest BCUT2D eigenvalue weighted by Gasteiger charge is -2.42. The van der Waals surface area contributed by atoms with Gasteiger partial charge in [-0.1, -0.05) is 56.3 Å². The first-order chi connectivity index (χ1) is 13.9. The number of hydrogen-bond acceptors (Lipinski definition) is 3. The Hall–Kier alpha value is -2.92. The highest BCUT2D eigenvalue weighted by Crippen LogP contribution is 2.32. The summed E-state index contributed by atoms with van der Waals surface area (Å²) in [5.41, 5.74) is 10.6. The maximum absolute atomic E-state index is 13.6. The normalized spacial score (nSPS) is 18.6. The van der Waals surface area contributed by atoms with Gasteiger partial charge in [-0.05, 0) is 36.5 Å². The van der Waals surface area contributed by atoms with E-state index in [9.17, 15) is 4.79 Å². The fraction of sp³-hybridized carbons (Fsp3) is 0.333. The summed E-state index contributed by atoms with van der Waals surface area (Å²) in [7, 11) is 0. The summed E-state index contributed by atoms with van der Waals surface area (Å²) in [4.78, 5) is 15.5. The third-order valence-corrected chi connectivity index (χ3v) is 5.96. The maximum atomic E-state index is 13.6. The van der Waals surface area contributed by atoms with Gasteiger partial charge in [-0.2, -0.15) is 5.10 Å². The highest BCUT2D eigenvalue weighted by molar-refractivity contribution is 6.00. The molecule has 1 aliphatic rings. The van der Waals surface area contributed by atoms with Crippen molar-refractivity contribution in [2.45, 2.75) is 33.2 Å². The van der Waals surface area contributed by atoms with Gasteiger partial charge in [-0.3, -0.25) is 4.79 Å². The lowest BCUT2D eigenvalue weighted by atomic mass is 9.79. The summed E-state index contributed by atoms with van der Waals surface area (Å²) >= 11 is 0. The molecule has 3 aromatic rings. The molecule has 5 heteroatoms. The molecule has 0 aliphatic carbocycles. The van der Waals surface area contributed by atoms with Gasteiger partial charge >= 0.3 is 0 Å². The van der Waals surface area contributed by atoms with Gasteiger partial charge in [0.2, 0.25) is 0 Å². The number of amides is 1. The second-order valence-electron chi connectivity index (χ2n) is 8.60. The van der Waals surface area contributed by atoms with Crippen LogP contribution in [0.1, 0.15) is 36.2 Å². The molecule has 1 saturated heterocycles. The second kappa shape index (κ2) is 7.48. The molecule has 1 unspecified atom stereocenters. The van der Waals surface area contributed by atoms with E-state index in [2.05, 4.69) is 13.8 Å². The van der Waals surface area contributed by atoms with Gasteiger partial charge in [0.1, 0.15) is 5.69 Å². The summed E-state index contributed by atoms with van der Waals surface area (Å²) in [6.07, 6.45) is 2.67. The van der Waals surface area contributed by atoms with Crippen molar-refractivity contribution in [2.24, 2.45) is 11.1 Å². The molecule has 2 heterocycles. The number of para-hydroxylation sites is 1. The molecule has 0 spiro atoms. The Labute approximate surface area is 172 Å². The number of benzene rings is 2. The van der Waals surface area contributed by atoms with Crippen molar-refractivity contribution < 1.29 is 4.79 Å². The minimum atomic E-state index is -0.105. The van der Waals surface area contributed by atoms with Crippen molar-refractivity contribution in [1.82, 2.24) is 14.7 Å². The average Bonchev–Trinajstić information content (AvgIpc) is 3.15. The minimum Gasteiger partial charge on any atom is -0.338 e. The van der Waals surface area contributed by atoms with E-state index in [1.54, 1.807) is 4.68 Å². The van der Waals surface area contributed by atoms with E-state index >= 15 is 0 Å². The molecule has 29 heavy (non-hydrogen) atoms. The first kappa shape index (κ1) is 19.4. The molecule has 4 rings (SSSR count). The number of rotatable bonds is 3. The molecule has 2 N–H and O–H groups in total. The minimum absolute atomic E-state index is 0.0189. The van der Waals surface area contributed by atoms with E-state index in [0.29, 0.717) is 18.7 Å². The van der Waals surface area contributed by atoms with Crippen LogP contribution in [0.3, 0.4) is 0 Å². The van der Waals surface area contributed by atoms with Gasteiger partial charge in [0.25, 0.3) is 5.91 Å². The molecule has 1 amide bonds. The Morgan fingerprint density at radius 2 is 1.79 bits per heavy atom. The van der Waals surface area contributed by atoms with Crippen LogP contribution in [0.4, 0.5) is 0 Å². The molecule has 1 aromatic heterocycles. The highest BCUT2D eigenvalue weighted by Gasteiger charge is 2.36. The molecule has 0 bridgehead atoms. The zero-order valence-corrected chi connectivity index (χ0v) is 17.3. The SMILES string of the molecule is Cc1ccccc1-c1nn(-c2ccccc2)cc1C(=O)N1CCC(N)C(C)(C)C1. The van der Waals surface area contributed by atoms with Crippen LogP contribution in [-0.2, 0) is 0 Å². The van der Waals surface area contributed by atoms with Crippen molar-refractivity contribution >= 4 is 5.91 Å². The van der Waals surface area contributed by atoms with Crippen molar-refractivity contribution in [3.63, 3.8) is 0 Å². The Balaban J connectivity index is 1.78. The first-order valence-corrected chi connectivity index (χ1v) is 10.1. The van der Waals surface area contributed by atoms with Gasteiger partial charge in [0.05, 0.1) is 11.3 Å². The Morgan fingerprint density at radius 3 is 2.48 bits per heavy atom. The fourth-order valence-corrected chi connectivity index (χ4v) is 4.00. The number of nitrogens with zero attached hydrogens (tertiary/aromatic N) is 3. The Kier molecular flexibility index (Phi) is 5.01. The molecular formula is C24H28N4O. The molecule has 5 nitrogen and oxygen atoms in total. The molecule has 0 saturated carbocycles. The van der Waals surface area contributed by atoms with Crippen molar-refractivity contribution in [3.8, 4) is 16.9 Å². The summed E-state index contributed by atoms with van der Waals surface area (Å²) in [5.74, 6) is 0.0189. The Morgan fingerprint density at radius 1 is 1.10 bits per heavy atom. The highest BCUT2D eigenvalue weighted by atomic mass is 16.2. The van der Waals surface area contributed by atoms with E-state index in [-0.39, 0.29) is 17.4 Å². The molecule has 2 aromatic carbocycles. The number of carbonyl (C=O) groups excluding carboxylic acids is 1. The van der Waals surface area contributed by atoms with Crippen molar-refractivity contribution in [1.29, 1.82) is 0 Å². The summed E-state index contributed by atoms with van der Waals surface area (Å²) in [6, 6.07) is 18.1. The van der Waals surface area contributed by atoms with E-state index in [1.807, 2.05) is 72.6 Å². The van der Waals surface area contributed by atoms with Crippen LogP contribution >= 0.6 is 0 Å². The number of aryl methyl sites for hydroxylation is 1. The van der Waals surface area contributed by atoms with Crippen LogP contribution in [0.2, 0.25) is 0 Å². The topological polar surface area (TPSA) is 64.2 Å². The van der Waals surface area contributed by atoms with Gasteiger partial charge in [0.15, 0.2) is 0 Å². The second-order valence-corrected chi connectivity index (χ2v) is 8.60.